The molecule has 2 aliphatic rings. The molecule has 0 radical (unpaired) electrons. The Bertz CT molecular complexity index is 610. The highest BCUT2D eigenvalue weighted by molar-refractivity contribution is 5.92. The summed E-state index contributed by atoms with van der Waals surface area (Å²) in [6.45, 7) is 3.86. The summed E-state index contributed by atoms with van der Waals surface area (Å²) >= 11 is 0. The average molecular weight is 345 g/mol. The number of piperidine rings is 1. The molecule has 2 fully saturated rings. The zero-order chi connectivity index (χ0) is 17.8. The standard InChI is InChI=1S/C18H27N5O2/c1-12-10-20-16(11-19-12)18(25)22-15-5-3-4-14(15)17(24)21-13-6-8-23(2)9-7-13/h10-11,13-15H,3-9H2,1-2H3,(H,21,24)(H,22,25)/t14-,15+/m0/s1. The molecule has 0 aromatic carbocycles. The van der Waals surface area contributed by atoms with E-state index in [0.29, 0.717) is 5.69 Å². The molecule has 1 saturated heterocycles. The Morgan fingerprint density at radius 1 is 1.08 bits per heavy atom. The van der Waals surface area contributed by atoms with E-state index in [0.717, 1.165) is 50.9 Å². The summed E-state index contributed by atoms with van der Waals surface area (Å²) in [5.41, 5.74) is 1.07. The largest absolute Gasteiger partial charge is 0.353 e. The van der Waals surface area contributed by atoms with E-state index in [1.165, 1.54) is 6.20 Å². The van der Waals surface area contributed by atoms with Crippen LogP contribution in [0.15, 0.2) is 12.4 Å². The quantitative estimate of drug-likeness (QED) is 0.846. The lowest BCUT2D eigenvalue weighted by Crippen LogP contribution is -2.49. The van der Waals surface area contributed by atoms with Crippen LogP contribution in [0.1, 0.15) is 48.3 Å². The Morgan fingerprint density at radius 3 is 2.52 bits per heavy atom. The van der Waals surface area contributed by atoms with Crippen LogP contribution < -0.4 is 10.6 Å². The molecule has 1 aromatic rings. The van der Waals surface area contributed by atoms with Gasteiger partial charge >= 0.3 is 0 Å². The number of amides is 2. The van der Waals surface area contributed by atoms with Gasteiger partial charge in [0.25, 0.3) is 5.91 Å². The fourth-order valence-corrected chi connectivity index (χ4v) is 3.66. The van der Waals surface area contributed by atoms with E-state index in [1.54, 1.807) is 6.20 Å². The minimum atomic E-state index is -0.253. The van der Waals surface area contributed by atoms with Crippen LogP contribution in [-0.2, 0) is 4.79 Å². The lowest BCUT2D eigenvalue weighted by Gasteiger charge is -2.31. The van der Waals surface area contributed by atoms with Crippen LogP contribution in [0.2, 0.25) is 0 Å². The summed E-state index contributed by atoms with van der Waals surface area (Å²) in [6.07, 6.45) is 7.65. The van der Waals surface area contributed by atoms with Crippen molar-refractivity contribution in [2.45, 2.75) is 51.1 Å². The number of nitrogens with zero attached hydrogens (tertiary/aromatic N) is 3. The number of rotatable bonds is 4. The van der Waals surface area contributed by atoms with Crippen LogP contribution in [0, 0.1) is 12.8 Å². The first-order valence-corrected chi connectivity index (χ1v) is 9.11. The SMILES string of the molecule is Cc1cnc(C(=O)N[C@@H]2CCC[C@@H]2C(=O)NC2CCN(C)CC2)cn1. The van der Waals surface area contributed by atoms with Crippen molar-refractivity contribution in [2.75, 3.05) is 20.1 Å². The zero-order valence-electron chi connectivity index (χ0n) is 15.0. The Balaban J connectivity index is 1.55. The zero-order valence-corrected chi connectivity index (χ0v) is 15.0. The fourth-order valence-electron chi connectivity index (χ4n) is 3.66. The highest BCUT2D eigenvalue weighted by atomic mass is 16.2. The molecule has 2 N–H and O–H groups in total. The Labute approximate surface area is 148 Å². The summed E-state index contributed by atoms with van der Waals surface area (Å²) < 4.78 is 0. The maximum absolute atomic E-state index is 12.7. The maximum Gasteiger partial charge on any atom is 0.271 e. The normalized spacial score (nSPS) is 24.9. The number of hydrogen-bond donors (Lipinski definition) is 2. The third-order valence-corrected chi connectivity index (χ3v) is 5.25. The van der Waals surface area contributed by atoms with Gasteiger partial charge in [-0.05, 0) is 52.7 Å². The first-order valence-electron chi connectivity index (χ1n) is 9.11. The van der Waals surface area contributed by atoms with Crippen molar-refractivity contribution in [1.29, 1.82) is 0 Å². The third-order valence-electron chi connectivity index (χ3n) is 5.25. The summed E-state index contributed by atoms with van der Waals surface area (Å²) in [4.78, 5) is 35.5. The monoisotopic (exact) mass is 345 g/mol. The second kappa shape index (κ2) is 7.91. The van der Waals surface area contributed by atoms with Crippen LogP contribution in [0.3, 0.4) is 0 Å². The van der Waals surface area contributed by atoms with Gasteiger partial charge in [0.1, 0.15) is 5.69 Å². The molecule has 25 heavy (non-hydrogen) atoms. The number of carbonyl (C=O) groups excluding carboxylic acids is 2. The Kier molecular flexibility index (Phi) is 5.63. The number of likely N-dealkylation sites (tertiary alicyclic amines) is 1. The fraction of sp³-hybridized carbons (Fsp3) is 0.667. The van der Waals surface area contributed by atoms with Crippen LogP contribution in [0.5, 0.6) is 0 Å². The van der Waals surface area contributed by atoms with Crippen molar-refractivity contribution in [3.8, 4) is 0 Å². The summed E-state index contributed by atoms with van der Waals surface area (Å²) in [6, 6.07) is 0.130. The molecule has 0 spiro atoms. The lowest BCUT2D eigenvalue weighted by atomic mass is 9.99. The van der Waals surface area contributed by atoms with Gasteiger partial charge in [-0.1, -0.05) is 6.42 Å². The van der Waals surface area contributed by atoms with E-state index in [4.69, 9.17) is 0 Å². The molecule has 1 aromatic heterocycles. The molecular formula is C18H27N5O2. The van der Waals surface area contributed by atoms with Gasteiger partial charge in [-0.15, -0.1) is 0 Å². The van der Waals surface area contributed by atoms with Crippen molar-refractivity contribution in [2.24, 2.45) is 5.92 Å². The van der Waals surface area contributed by atoms with Crippen LogP contribution >= 0.6 is 0 Å². The van der Waals surface area contributed by atoms with Gasteiger partial charge < -0.3 is 15.5 Å². The topological polar surface area (TPSA) is 87.2 Å². The number of aromatic nitrogens is 2. The van der Waals surface area contributed by atoms with Gasteiger partial charge in [-0.3, -0.25) is 14.6 Å². The molecule has 7 heteroatoms. The van der Waals surface area contributed by atoms with E-state index in [9.17, 15) is 9.59 Å². The molecule has 0 bridgehead atoms. The molecule has 2 atom stereocenters. The number of nitrogens with one attached hydrogen (secondary N) is 2. The van der Waals surface area contributed by atoms with E-state index < -0.39 is 0 Å². The molecule has 1 aliphatic carbocycles. The number of hydrogen-bond acceptors (Lipinski definition) is 5. The molecule has 7 nitrogen and oxygen atoms in total. The number of carbonyl (C=O) groups is 2. The molecule has 2 heterocycles. The van der Waals surface area contributed by atoms with Crippen molar-refractivity contribution in [3.63, 3.8) is 0 Å². The Hall–Kier alpha value is -2.02. The average Bonchev–Trinajstić information content (AvgIpc) is 3.05. The van der Waals surface area contributed by atoms with Crippen molar-refractivity contribution >= 4 is 11.8 Å². The molecule has 1 saturated carbocycles. The third kappa shape index (κ3) is 4.54. The molecule has 3 rings (SSSR count). The van der Waals surface area contributed by atoms with E-state index >= 15 is 0 Å². The lowest BCUT2D eigenvalue weighted by molar-refractivity contribution is -0.126. The van der Waals surface area contributed by atoms with E-state index in [2.05, 4.69) is 32.5 Å². The molecular weight excluding hydrogens is 318 g/mol. The van der Waals surface area contributed by atoms with Crippen LogP contribution in [0.4, 0.5) is 0 Å². The highest BCUT2D eigenvalue weighted by Crippen LogP contribution is 2.26. The molecule has 136 valence electrons. The first-order chi connectivity index (χ1) is 12.0. The highest BCUT2D eigenvalue weighted by Gasteiger charge is 2.35. The van der Waals surface area contributed by atoms with E-state index in [-0.39, 0.29) is 29.8 Å². The minimum absolute atomic E-state index is 0.0762. The number of aryl methyl sites for hydroxylation is 1. The molecule has 0 unspecified atom stereocenters. The van der Waals surface area contributed by atoms with Gasteiger partial charge in [0.15, 0.2) is 0 Å². The predicted octanol–water partition coefficient (Wildman–Crippen LogP) is 0.894. The van der Waals surface area contributed by atoms with Gasteiger partial charge in [-0.2, -0.15) is 0 Å². The predicted molar refractivity (Wildman–Crippen MR) is 94.0 cm³/mol. The minimum Gasteiger partial charge on any atom is -0.353 e. The smallest absolute Gasteiger partial charge is 0.271 e. The summed E-state index contributed by atoms with van der Waals surface area (Å²) in [5.74, 6) is -0.328. The van der Waals surface area contributed by atoms with Crippen molar-refractivity contribution < 1.29 is 9.59 Å². The molecule has 1 aliphatic heterocycles. The van der Waals surface area contributed by atoms with E-state index in [1.807, 2.05) is 6.92 Å². The van der Waals surface area contributed by atoms with Crippen LogP contribution in [-0.4, -0.2) is 58.9 Å². The van der Waals surface area contributed by atoms with Gasteiger partial charge in [-0.25, -0.2) is 4.98 Å². The maximum atomic E-state index is 12.7. The van der Waals surface area contributed by atoms with Gasteiger partial charge in [0, 0.05) is 18.3 Å². The van der Waals surface area contributed by atoms with Gasteiger partial charge in [0.05, 0.1) is 17.8 Å². The summed E-state index contributed by atoms with van der Waals surface area (Å²) in [7, 11) is 2.11. The van der Waals surface area contributed by atoms with Gasteiger partial charge in [0.2, 0.25) is 5.91 Å². The first kappa shape index (κ1) is 17.8. The second-order valence-corrected chi connectivity index (χ2v) is 7.25. The van der Waals surface area contributed by atoms with Crippen LogP contribution in [0.25, 0.3) is 0 Å². The Morgan fingerprint density at radius 2 is 1.84 bits per heavy atom. The summed E-state index contributed by atoms with van der Waals surface area (Å²) in [5, 5.41) is 6.17. The second-order valence-electron chi connectivity index (χ2n) is 7.25. The van der Waals surface area contributed by atoms with Crippen molar-refractivity contribution in [3.05, 3.63) is 23.8 Å². The molecule has 2 amide bonds. The van der Waals surface area contributed by atoms with Crippen molar-refractivity contribution in [1.82, 2.24) is 25.5 Å².